The Labute approximate surface area is 152 Å². The number of para-hydroxylation sites is 1. The molecule has 0 atom stereocenters. The summed E-state index contributed by atoms with van der Waals surface area (Å²) in [6.07, 6.45) is 7.31. The highest BCUT2D eigenvalue weighted by atomic mass is 19.1. The summed E-state index contributed by atoms with van der Waals surface area (Å²) in [5.74, 6) is 6.10. The summed E-state index contributed by atoms with van der Waals surface area (Å²) >= 11 is 0. The summed E-state index contributed by atoms with van der Waals surface area (Å²) in [4.78, 5) is 6.22. The van der Waals surface area contributed by atoms with Crippen LogP contribution in [0.3, 0.4) is 0 Å². The highest BCUT2D eigenvalue weighted by Crippen LogP contribution is 2.23. The first kappa shape index (κ1) is 16.6. The normalized spacial score (nSPS) is 14.3. The number of fused-ring (bicyclic) bond motifs is 1. The SMILES string of the molecule is Fc1cnccc1N(CC#CCN1CCCC1)n1ccc2ccccc21. The fraction of sp³-hybridized carbons (Fsp3) is 0.286. The minimum atomic E-state index is -0.355. The van der Waals surface area contributed by atoms with Crippen molar-refractivity contribution in [2.45, 2.75) is 12.8 Å². The Bertz CT molecular complexity index is 947. The number of likely N-dealkylation sites (tertiary alicyclic amines) is 1. The molecule has 3 aromatic rings. The average Bonchev–Trinajstić information content (AvgIpc) is 3.33. The predicted octanol–water partition coefficient (Wildman–Crippen LogP) is 3.54. The molecule has 0 N–H and O–H groups in total. The van der Waals surface area contributed by atoms with Crippen LogP contribution in [-0.4, -0.2) is 40.7 Å². The van der Waals surface area contributed by atoms with Gasteiger partial charge in [0.1, 0.15) is 6.54 Å². The standard InChI is InChI=1S/C21H21FN4/c22-19-17-23-11-9-21(19)25(15-6-5-14-24-12-3-4-13-24)26-16-10-18-7-1-2-8-20(18)26/h1-2,7-11,16-17H,3-4,12-15H2. The summed E-state index contributed by atoms with van der Waals surface area (Å²) in [6.45, 7) is 3.44. The van der Waals surface area contributed by atoms with E-state index in [2.05, 4.69) is 21.7 Å². The molecule has 0 radical (unpaired) electrons. The fourth-order valence-corrected chi connectivity index (χ4v) is 3.37. The molecule has 0 saturated carbocycles. The van der Waals surface area contributed by atoms with Crippen molar-refractivity contribution in [3.8, 4) is 11.8 Å². The molecule has 4 nitrogen and oxygen atoms in total. The van der Waals surface area contributed by atoms with E-state index >= 15 is 0 Å². The lowest BCUT2D eigenvalue weighted by Crippen LogP contribution is -2.30. The topological polar surface area (TPSA) is 24.3 Å². The Kier molecular flexibility index (Phi) is 4.85. The van der Waals surface area contributed by atoms with Gasteiger partial charge in [-0.1, -0.05) is 30.0 Å². The molecule has 0 unspecified atom stereocenters. The lowest BCUT2D eigenvalue weighted by atomic mass is 10.2. The molecule has 1 fully saturated rings. The molecule has 3 heterocycles. The Morgan fingerprint density at radius 1 is 1.08 bits per heavy atom. The van der Waals surface area contributed by atoms with Crippen LogP contribution < -0.4 is 5.01 Å². The van der Waals surface area contributed by atoms with Crippen LogP contribution in [0.1, 0.15) is 12.8 Å². The van der Waals surface area contributed by atoms with Crippen molar-refractivity contribution in [1.82, 2.24) is 14.6 Å². The number of hydrogen-bond donors (Lipinski definition) is 0. The smallest absolute Gasteiger partial charge is 0.166 e. The van der Waals surface area contributed by atoms with Gasteiger partial charge in [-0.2, -0.15) is 0 Å². The number of pyridine rings is 1. The quantitative estimate of drug-likeness (QED) is 0.674. The first-order valence-corrected chi connectivity index (χ1v) is 8.94. The van der Waals surface area contributed by atoms with E-state index in [4.69, 9.17) is 0 Å². The minimum Gasteiger partial charge on any atom is -0.292 e. The highest BCUT2D eigenvalue weighted by molar-refractivity contribution is 5.81. The van der Waals surface area contributed by atoms with Gasteiger partial charge in [0.2, 0.25) is 0 Å². The Morgan fingerprint density at radius 3 is 2.77 bits per heavy atom. The summed E-state index contributed by atoms with van der Waals surface area (Å²) < 4.78 is 16.4. The monoisotopic (exact) mass is 348 g/mol. The van der Waals surface area contributed by atoms with E-state index in [1.807, 2.05) is 46.2 Å². The van der Waals surface area contributed by atoms with E-state index in [9.17, 15) is 4.39 Å². The maximum absolute atomic E-state index is 14.4. The van der Waals surface area contributed by atoms with Gasteiger partial charge in [0.15, 0.2) is 5.82 Å². The largest absolute Gasteiger partial charge is 0.292 e. The van der Waals surface area contributed by atoms with Gasteiger partial charge in [0.05, 0.1) is 23.9 Å². The molecule has 1 aromatic carbocycles. The van der Waals surface area contributed by atoms with Crippen molar-refractivity contribution >= 4 is 16.6 Å². The lowest BCUT2D eigenvalue weighted by Gasteiger charge is -2.25. The summed E-state index contributed by atoms with van der Waals surface area (Å²) in [5.41, 5.74) is 1.49. The van der Waals surface area contributed by atoms with E-state index in [0.29, 0.717) is 12.2 Å². The minimum absolute atomic E-state index is 0.355. The molecule has 1 aliphatic rings. The third-order valence-electron chi connectivity index (χ3n) is 4.72. The van der Waals surface area contributed by atoms with Crippen LogP contribution in [0.15, 0.2) is 55.0 Å². The van der Waals surface area contributed by atoms with Crippen molar-refractivity contribution in [1.29, 1.82) is 0 Å². The molecule has 0 amide bonds. The molecule has 1 aliphatic heterocycles. The molecule has 132 valence electrons. The fourth-order valence-electron chi connectivity index (χ4n) is 3.37. The summed E-state index contributed by atoms with van der Waals surface area (Å²) in [6, 6.07) is 11.8. The first-order chi connectivity index (χ1) is 12.8. The molecule has 0 aliphatic carbocycles. The van der Waals surface area contributed by atoms with Gasteiger partial charge in [-0.15, -0.1) is 0 Å². The van der Waals surface area contributed by atoms with Crippen LogP contribution in [0.25, 0.3) is 10.9 Å². The van der Waals surface area contributed by atoms with Crippen LogP contribution in [0.5, 0.6) is 0 Å². The highest BCUT2D eigenvalue weighted by Gasteiger charge is 2.14. The molecule has 1 saturated heterocycles. The molecule has 0 bridgehead atoms. The van der Waals surface area contributed by atoms with E-state index in [-0.39, 0.29) is 5.82 Å². The van der Waals surface area contributed by atoms with Crippen LogP contribution in [0.2, 0.25) is 0 Å². The van der Waals surface area contributed by atoms with E-state index < -0.39 is 0 Å². The van der Waals surface area contributed by atoms with Gasteiger partial charge in [0.25, 0.3) is 0 Å². The number of halogens is 1. The maximum Gasteiger partial charge on any atom is 0.166 e. The maximum atomic E-state index is 14.4. The second kappa shape index (κ2) is 7.59. The van der Waals surface area contributed by atoms with Crippen LogP contribution in [0.4, 0.5) is 10.1 Å². The van der Waals surface area contributed by atoms with Gasteiger partial charge in [0, 0.05) is 17.8 Å². The zero-order chi connectivity index (χ0) is 17.8. The zero-order valence-electron chi connectivity index (χ0n) is 14.6. The van der Waals surface area contributed by atoms with Gasteiger partial charge in [-0.25, -0.2) is 4.39 Å². The van der Waals surface area contributed by atoms with Gasteiger partial charge >= 0.3 is 0 Å². The zero-order valence-corrected chi connectivity index (χ0v) is 14.6. The number of nitrogens with zero attached hydrogens (tertiary/aromatic N) is 4. The number of anilines is 1. The van der Waals surface area contributed by atoms with Gasteiger partial charge < -0.3 is 0 Å². The Hall–Kier alpha value is -2.84. The molecular formula is C21H21FN4. The number of benzene rings is 1. The predicted molar refractivity (Wildman–Crippen MR) is 102 cm³/mol. The second-order valence-electron chi connectivity index (χ2n) is 6.44. The van der Waals surface area contributed by atoms with Crippen molar-refractivity contribution in [2.24, 2.45) is 0 Å². The van der Waals surface area contributed by atoms with Crippen LogP contribution in [-0.2, 0) is 0 Å². The van der Waals surface area contributed by atoms with Crippen molar-refractivity contribution in [2.75, 3.05) is 31.2 Å². The molecule has 26 heavy (non-hydrogen) atoms. The first-order valence-electron chi connectivity index (χ1n) is 8.94. The van der Waals surface area contributed by atoms with E-state index in [0.717, 1.165) is 30.5 Å². The average molecular weight is 348 g/mol. The van der Waals surface area contributed by atoms with Gasteiger partial charge in [-0.3, -0.25) is 19.6 Å². The number of aromatic nitrogens is 2. The second-order valence-corrected chi connectivity index (χ2v) is 6.44. The number of hydrogen-bond acceptors (Lipinski definition) is 3. The summed E-state index contributed by atoms with van der Waals surface area (Å²) in [7, 11) is 0. The van der Waals surface area contributed by atoms with Gasteiger partial charge in [-0.05, 0) is 44.1 Å². The van der Waals surface area contributed by atoms with Crippen molar-refractivity contribution in [3.63, 3.8) is 0 Å². The Morgan fingerprint density at radius 2 is 1.92 bits per heavy atom. The molecule has 4 rings (SSSR count). The molecule has 5 heteroatoms. The molecule has 0 spiro atoms. The van der Waals surface area contributed by atoms with Crippen molar-refractivity contribution < 1.29 is 4.39 Å². The van der Waals surface area contributed by atoms with Crippen molar-refractivity contribution in [3.05, 3.63) is 60.8 Å². The molecule has 2 aromatic heterocycles. The number of rotatable bonds is 4. The Balaban J connectivity index is 1.64. The third kappa shape index (κ3) is 3.42. The lowest BCUT2D eigenvalue weighted by molar-refractivity contribution is 0.383. The third-order valence-corrected chi connectivity index (χ3v) is 4.72. The van der Waals surface area contributed by atoms with E-state index in [1.54, 1.807) is 12.3 Å². The van der Waals surface area contributed by atoms with Crippen LogP contribution in [0, 0.1) is 17.7 Å². The van der Waals surface area contributed by atoms with E-state index in [1.165, 1.54) is 19.0 Å². The molecular weight excluding hydrogens is 327 g/mol. The summed E-state index contributed by atoms with van der Waals surface area (Å²) in [5, 5.41) is 2.97. The van der Waals surface area contributed by atoms with Crippen LogP contribution >= 0.6 is 0 Å².